The van der Waals surface area contributed by atoms with Crippen LogP contribution in [0.15, 0.2) is 18.5 Å². The van der Waals surface area contributed by atoms with Crippen molar-refractivity contribution in [2.45, 2.75) is 51.5 Å². The number of hydrogen-bond donors (Lipinski definition) is 2. The summed E-state index contributed by atoms with van der Waals surface area (Å²) in [5, 5.41) is 7.87. The number of fused-ring (bicyclic) bond motifs is 2. The second-order valence-electron chi connectivity index (χ2n) is 10.2. The summed E-state index contributed by atoms with van der Waals surface area (Å²) in [5.74, 6) is 1.37. The number of carbonyl (C=O) groups is 2. The quantitative estimate of drug-likeness (QED) is 0.737. The standard InChI is InChI=1S/C24H31N7O2/c1-15(32)29-9-6-16(12-29)19-10-20(21-22(25)26-14-27-31(19)21)30-8-3-5-18(13-30)28-23(33)24-7-2-4-17(24)11-24/h6,10,14,17-18H,2-5,7-9,11-13H2,1H3,(H,28,33)(H2,25,26,27)/t17-,18+,24-/m0/s1. The van der Waals surface area contributed by atoms with E-state index in [2.05, 4.69) is 32.4 Å². The molecule has 1 saturated heterocycles. The van der Waals surface area contributed by atoms with Crippen LogP contribution >= 0.6 is 0 Å². The molecule has 0 bridgehead atoms. The van der Waals surface area contributed by atoms with E-state index in [1.807, 2.05) is 4.52 Å². The van der Waals surface area contributed by atoms with E-state index in [0.717, 1.165) is 61.2 Å². The highest BCUT2D eigenvalue weighted by atomic mass is 16.2. The number of nitrogens with zero attached hydrogens (tertiary/aromatic N) is 5. The van der Waals surface area contributed by atoms with E-state index >= 15 is 0 Å². The highest BCUT2D eigenvalue weighted by Gasteiger charge is 2.62. The van der Waals surface area contributed by atoms with Gasteiger partial charge in [0.15, 0.2) is 5.82 Å². The highest BCUT2D eigenvalue weighted by Crippen LogP contribution is 2.63. The zero-order chi connectivity index (χ0) is 22.7. The molecule has 2 saturated carbocycles. The van der Waals surface area contributed by atoms with Gasteiger partial charge in [-0.1, -0.05) is 12.5 Å². The van der Waals surface area contributed by atoms with Gasteiger partial charge in [-0.05, 0) is 49.7 Å². The maximum atomic E-state index is 13.0. The molecule has 2 aliphatic carbocycles. The fourth-order valence-electron chi connectivity index (χ4n) is 6.26. The number of piperidine rings is 1. The van der Waals surface area contributed by atoms with E-state index in [9.17, 15) is 9.59 Å². The van der Waals surface area contributed by atoms with Gasteiger partial charge < -0.3 is 20.9 Å². The molecule has 0 spiro atoms. The fraction of sp³-hybridized carbons (Fsp3) is 0.583. The lowest BCUT2D eigenvalue weighted by Crippen LogP contribution is -2.49. The van der Waals surface area contributed by atoms with Crippen molar-refractivity contribution in [1.82, 2.24) is 24.8 Å². The van der Waals surface area contributed by atoms with Crippen molar-refractivity contribution in [3.8, 4) is 0 Å². The normalized spacial score (nSPS) is 28.7. The van der Waals surface area contributed by atoms with Gasteiger partial charge in [0.2, 0.25) is 11.8 Å². The van der Waals surface area contributed by atoms with Crippen molar-refractivity contribution >= 4 is 34.4 Å². The zero-order valence-electron chi connectivity index (χ0n) is 19.1. The van der Waals surface area contributed by atoms with E-state index in [-0.39, 0.29) is 23.3 Å². The molecule has 2 aromatic rings. The molecule has 0 unspecified atom stereocenters. The number of nitrogens with one attached hydrogen (secondary N) is 1. The number of nitrogen functional groups attached to an aromatic ring is 1. The second-order valence-corrected chi connectivity index (χ2v) is 10.2. The Morgan fingerprint density at radius 2 is 2.15 bits per heavy atom. The van der Waals surface area contributed by atoms with Crippen LogP contribution in [0.5, 0.6) is 0 Å². The molecule has 0 radical (unpaired) electrons. The summed E-state index contributed by atoms with van der Waals surface area (Å²) in [4.78, 5) is 33.2. The number of aromatic nitrogens is 3. The van der Waals surface area contributed by atoms with Crippen molar-refractivity contribution in [2.24, 2.45) is 11.3 Å². The smallest absolute Gasteiger partial charge is 0.226 e. The van der Waals surface area contributed by atoms with Gasteiger partial charge in [-0.2, -0.15) is 5.10 Å². The van der Waals surface area contributed by atoms with Crippen molar-refractivity contribution in [2.75, 3.05) is 36.8 Å². The van der Waals surface area contributed by atoms with Crippen LogP contribution in [0.1, 0.15) is 51.1 Å². The van der Waals surface area contributed by atoms with Crippen LogP contribution in [0, 0.1) is 11.3 Å². The molecular weight excluding hydrogens is 418 g/mol. The predicted octanol–water partition coefficient (Wildman–Crippen LogP) is 1.83. The molecule has 9 nitrogen and oxygen atoms in total. The van der Waals surface area contributed by atoms with Crippen LogP contribution in [0.4, 0.5) is 11.5 Å². The molecule has 6 rings (SSSR count). The molecule has 0 aromatic carbocycles. The van der Waals surface area contributed by atoms with Crippen molar-refractivity contribution in [1.29, 1.82) is 0 Å². The number of rotatable bonds is 4. The highest BCUT2D eigenvalue weighted by molar-refractivity contribution is 5.89. The number of nitrogens with two attached hydrogens (primary N) is 1. The number of amides is 2. The summed E-state index contributed by atoms with van der Waals surface area (Å²) in [7, 11) is 0. The third-order valence-electron chi connectivity index (χ3n) is 8.21. The zero-order valence-corrected chi connectivity index (χ0v) is 19.1. The van der Waals surface area contributed by atoms with Crippen molar-refractivity contribution in [3.05, 3.63) is 24.2 Å². The molecule has 4 heterocycles. The molecule has 9 heteroatoms. The largest absolute Gasteiger partial charge is 0.382 e. The first kappa shape index (κ1) is 20.5. The van der Waals surface area contributed by atoms with Crippen molar-refractivity contribution in [3.63, 3.8) is 0 Å². The molecule has 2 aliphatic heterocycles. The van der Waals surface area contributed by atoms with Crippen LogP contribution in [0.3, 0.4) is 0 Å². The monoisotopic (exact) mass is 449 g/mol. The SMILES string of the molecule is CC(=O)N1CC=C(c2cc(N3CCC[C@@H](NC(=O)[C@]45CCC[C@H]4C5)C3)c3c(N)ncnn23)C1. The lowest BCUT2D eigenvalue weighted by atomic mass is 10.00. The first-order chi connectivity index (χ1) is 16.0. The Labute approximate surface area is 193 Å². The number of hydrogen-bond acceptors (Lipinski definition) is 6. The van der Waals surface area contributed by atoms with Gasteiger partial charge in [-0.25, -0.2) is 9.50 Å². The van der Waals surface area contributed by atoms with E-state index in [4.69, 9.17) is 5.73 Å². The van der Waals surface area contributed by atoms with Gasteiger partial charge in [0.1, 0.15) is 11.8 Å². The Morgan fingerprint density at radius 1 is 1.27 bits per heavy atom. The summed E-state index contributed by atoms with van der Waals surface area (Å²) < 4.78 is 1.85. The predicted molar refractivity (Wildman–Crippen MR) is 125 cm³/mol. The average molecular weight is 450 g/mol. The van der Waals surface area contributed by atoms with E-state index in [1.54, 1.807) is 11.8 Å². The Kier molecular flexibility index (Phi) is 4.64. The molecule has 33 heavy (non-hydrogen) atoms. The third kappa shape index (κ3) is 3.28. The fourth-order valence-corrected chi connectivity index (χ4v) is 6.26. The van der Waals surface area contributed by atoms with Crippen LogP contribution in [0.25, 0.3) is 11.1 Å². The summed E-state index contributed by atoms with van der Waals surface area (Å²) in [6, 6.07) is 2.25. The Hall–Kier alpha value is -3.10. The molecule has 3 N–H and O–H groups in total. The summed E-state index contributed by atoms with van der Waals surface area (Å²) in [5.41, 5.74) is 10.0. The topological polar surface area (TPSA) is 109 Å². The third-order valence-corrected chi connectivity index (χ3v) is 8.21. The second kappa shape index (κ2) is 7.46. The van der Waals surface area contributed by atoms with Crippen molar-refractivity contribution < 1.29 is 9.59 Å². The minimum atomic E-state index is -0.0614. The summed E-state index contributed by atoms with van der Waals surface area (Å²) in [6.45, 7) is 4.40. The van der Waals surface area contributed by atoms with Gasteiger partial charge in [-0.3, -0.25) is 9.59 Å². The Morgan fingerprint density at radius 3 is 2.88 bits per heavy atom. The van der Waals surface area contributed by atoms with E-state index in [1.165, 1.54) is 19.2 Å². The number of carbonyl (C=O) groups excluding carboxylic acids is 2. The Bertz CT molecular complexity index is 1170. The van der Waals surface area contributed by atoms with Gasteiger partial charge in [0, 0.05) is 39.1 Å². The molecule has 4 aliphatic rings. The van der Waals surface area contributed by atoms with Gasteiger partial charge >= 0.3 is 0 Å². The van der Waals surface area contributed by atoms with E-state index < -0.39 is 0 Å². The summed E-state index contributed by atoms with van der Waals surface area (Å²) in [6.07, 6.45) is 10.1. The van der Waals surface area contributed by atoms with Crippen LogP contribution in [0.2, 0.25) is 0 Å². The van der Waals surface area contributed by atoms with Gasteiger partial charge in [0.25, 0.3) is 0 Å². The van der Waals surface area contributed by atoms with Gasteiger partial charge in [-0.15, -0.1) is 0 Å². The maximum Gasteiger partial charge on any atom is 0.226 e. The molecule has 2 aromatic heterocycles. The molecule has 3 atom stereocenters. The minimum Gasteiger partial charge on any atom is -0.382 e. The Balaban J connectivity index is 1.27. The van der Waals surface area contributed by atoms with Crippen LogP contribution < -0.4 is 16.0 Å². The molecule has 3 fully saturated rings. The molecule has 174 valence electrons. The first-order valence-corrected chi connectivity index (χ1v) is 12.1. The summed E-state index contributed by atoms with van der Waals surface area (Å²) >= 11 is 0. The first-order valence-electron chi connectivity index (χ1n) is 12.1. The maximum absolute atomic E-state index is 13.0. The lowest BCUT2D eigenvalue weighted by molar-refractivity contribution is -0.128. The van der Waals surface area contributed by atoms with E-state index in [0.29, 0.717) is 24.8 Å². The molecular formula is C24H31N7O2. The lowest BCUT2D eigenvalue weighted by Gasteiger charge is -2.35. The average Bonchev–Trinajstić information content (AvgIpc) is 3.20. The minimum absolute atomic E-state index is 0.0609. The van der Waals surface area contributed by atoms with Crippen LogP contribution in [-0.2, 0) is 9.59 Å². The molecule has 2 amide bonds. The number of anilines is 2. The van der Waals surface area contributed by atoms with Gasteiger partial charge in [0.05, 0.1) is 16.8 Å². The van der Waals surface area contributed by atoms with Crippen LogP contribution in [-0.4, -0.2) is 63.5 Å².